The van der Waals surface area contributed by atoms with Crippen LogP contribution < -0.4 is 59.1 Å². The van der Waals surface area contributed by atoms with Gasteiger partial charge in [0, 0.05) is 10.4 Å². The maximum Gasteiger partial charge on any atom is 1.00 e. The van der Waals surface area contributed by atoms with E-state index >= 15 is 0 Å². The first kappa shape index (κ1) is 22.4. The first-order valence-electron chi connectivity index (χ1n) is 0.955. The fraction of sp³-hybridized carbons (Fsp3) is 0. The van der Waals surface area contributed by atoms with Crippen molar-refractivity contribution >= 4 is 17.2 Å². The second-order valence-electron chi connectivity index (χ2n) is 0.408. The monoisotopic (exact) mass is 172 g/mol. The number of rotatable bonds is 0. The van der Waals surface area contributed by atoms with Crippen LogP contribution in [-0.2, 0) is 15.2 Å². The molecule has 0 rings (SSSR count). The predicted molar refractivity (Wildman–Crippen MR) is 17.6 cm³/mol. The Kier molecular flexibility index (Phi) is 30.5. The molecule has 0 bridgehead atoms. The summed E-state index contributed by atoms with van der Waals surface area (Å²) in [5, 5.41) is 0. The van der Waals surface area contributed by atoms with Crippen molar-refractivity contribution in [3.8, 4) is 0 Å². The first-order valence-corrected chi connectivity index (χ1v) is 2.29. The summed E-state index contributed by atoms with van der Waals surface area (Å²) in [7, 11) is -5.17. The summed E-state index contributed by atoms with van der Waals surface area (Å²) < 4.78 is 34.1. The van der Waals surface area contributed by atoms with Crippen molar-refractivity contribution in [2.24, 2.45) is 0 Å². The van der Waals surface area contributed by atoms with Gasteiger partial charge in [-0.05, 0) is 0 Å². The molecule has 5 nitrogen and oxygen atoms in total. The molecule has 0 saturated carbocycles. The fourth-order valence-electron chi connectivity index (χ4n) is 0. The van der Waals surface area contributed by atoms with Gasteiger partial charge in [-0.3, -0.25) is 8.42 Å². The summed E-state index contributed by atoms with van der Waals surface area (Å²) in [5.74, 6) is 0. The van der Waals surface area contributed by atoms with Gasteiger partial charge in [-0.15, -0.1) is 0 Å². The molecule has 0 heterocycles. The van der Waals surface area contributed by atoms with Crippen LogP contribution in [0.25, 0.3) is 0 Å². The van der Waals surface area contributed by atoms with Crippen molar-refractivity contribution < 1.29 is 81.4 Å². The molecule has 0 unspecified atom stereocenters. The summed E-state index contributed by atoms with van der Waals surface area (Å²) in [6.07, 6.45) is 0. The molecule has 0 aromatic heterocycles. The van der Waals surface area contributed by atoms with E-state index in [4.69, 9.17) is 22.3 Å². The molecule has 0 aliphatic rings. The van der Waals surface area contributed by atoms with E-state index in [0.717, 1.165) is 0 Å². The van der Waals surface area contributed by atoms with E-state index in [1.54, 1.807) is 0 Å². The normalized spacial score (nSPS) is 6.89. The fourth-order valence-corrected chi connectivity index (χ4v) is 0. The average Bonchev–Trinajstić information content (AvgIpc) is 1.36. The molecule has 0 aromatic rings. The van der Waals surface area contributed by atoms with Crippen LogP contribution in [0, 0.1) is 0 Å². The largest absolute Gasteiger partial charge is 1.00 e. The Morgan fingerprint density at radius 1 is 1.00 bits per heavy atom. The third-order valence-corrected chi connectivity index (χ3v) is 0. The Balaban J connectivity index is -0.0000000286. The summed E-state index contributed by atoms with van der Waals surface area (Å²) in [6.45, 7) is 2.00. The third-order valence-electron chi connectivity index (χ3n) is 0. The van der Waals surface area contributed by atoms with Crippen LogP contribution in [0.1, 0.15) is 0 Å². The first-order chi connectivity index (χ1) is 3.00. The van der Waals surface area contributed by atoms with Crippen LogP contribution in [-0.4, -0.2) is 24.3 Å². The van der Waals surface area contributed by atoms with Crippen LogP contribution >= 0.6 is 0 Å². The molecule has 0 fully saturated rings. The minimum atomic E-state index is -5.17. The SMILES string of the molecule is C=O.O=S(=O)([O-])[O-].[Na+].[Na+]. The Hall–Kier alpha value is 1.54. The van der Waals surface area contributed by atoms with Crippen molar-refractivity contribution in [1.82, 2.24) is 0 Å². The molecule has 0 aromatic carbocycles. The van der Waals surface area contributed by atoms with Gasteiger partial charge in [0.05, 0.1) is 0 Å². The molecule has 44 valence electrons. The van der Waals surface area contributed by atoms with Gasteiger partial charge in [-0.2, -0.15) is 0 Å². The van der Waals surface area contributed by atoms with Crippen molar-refractivity contribution in [2.45, 2.75) is 0 Å². The van der Waals surface area contributed by atoms with Gasteiger partial charge in [-0.25, -0.2) is 0 Å². The Labute approximate surface area is 97.4 Å². The van der Waals surface area contributed by atoms with E-state index in [1.165, 1.54) is 0 Å². The molecular formula is CH2Na2O5S. The van der Waals surface area contributed by atoms with Crippen LogP contribution in [0.15, 0.2) is 0 Å². The summed E-state index contributed by atoms with van der Waals surface area (Å²) in [5.41, 5.74) is 0. The van der Waals surface area contributed by atoms with Gasteiger partial charge in [0.1, 0.15) is 6.79 Å². The van der Waals surface area contributed by atoms with Crippen molar-refractivity contribution in [2.75, 3.05) is 0 Å². The molecule has 0 aliphatic heterocycles. The zero-order chi connectivity index (χ0) is 6.50. The van der Waals surface area contributed by atoms with Gasteiger partial charge < -0.3 is 13.9 Å². The standard InChI is InChI=1S/CH2O.2Na.H2O4S/c1-2;;;1-5(2,3)4/h1H2;;;(H2,1,2,3,4)/q;2*+1;/p-2. The quantitative estimate of drug-likeness (QED) is 0.205. The number of carbonyl (C=O) groups excluding carboxylic acids is 1. The third kappa shape index (κ3) is 229. The zero-order valence-electron chi connectivity index (χ0n) is 5.16. The Morgan fingerprint density at radius 2 is 1.00 bits per heavy atom. The van der Waals surface area contributed by atoms with Gasteiger partial charge in [0.2, 0.25) is 0 Å². The predicted octanol–water partition coefficient (Wildman–Crippen LogP) is -7.51. The van der Waals surface area contributed by atoms with Gasteiger partial charge >= 0.3 is 59.1 Å². The minimum Gasteiger partial charge on any atom is -0.759 e. The van der Waals surface area contributed by atoms with Crippen molar-refractivity contribution in [3.63, 3.8) is 0 Å². The van der Waals surface area contributed by atoms with Crippen molar-refractivity contribution in [1.29, 1.82) is 0 Å². The molecule has 0 aliphatic carbocycles. The maximum absolute atomic E-state index is 8.52. The Morgan fingerprint density at radius 3 is 1.00 bits per heavy atom. The molecular weight excluding hydrogens is 170 g/mol. The minimum absolute atomic E-state index is 0. The van der Waals surface area contributed by atoms with E-state index in [9.17, 15) is 0 Å². The van der Waals surface area contributed by atoms with Crippen LogP contribution in [0.2, 0.25) is 0 Å². The van der Waals surface area contributed by atoms with Crippen LogP contribution in [0.4, 0.5) is 0 Å². The summed E-state index contributed by atoms with van der Waals surface area (Å²) in [6, 6.07) is 0. The number of hydrogen-bond donors (Lipinski definition) is 0. The van der Waals surface area contributed by atoms with Gasteiger partial charge in [0.15, 0.2) is 0 Å². The zero-order valence-corrected chi connectivity index (χ0v) is 9.97. The molecule has 9 heavy (non-hydrogen) atoms. The second-order valence-corrected chi connectivity index (χ2v) is 1.22. The summed E-state index contributed by atoms with van der Waals surface area (Å²) >= 11 is 0. The van der Waals surface area contributed by atoms with Gasteiger partial charge in [0.25, 0.3) is 0 Å². The Bertz CT molecular complexity index is 109. The molecule has 0 radical (unpaired) electrons. The van der Waals surface area contributed by atoms with E-state index in [1.807, 2.05) is 6.79 Å². The maximum atomic E-state index is 8.52. The topological polar surface area (TPSA) is 97.3 Å². The molecule has 0 amide bonds. The smallest absolute Gasteiger partial charge is 0.759 e. The van der Waals surface area contributed by atoms with E-state index in [-0.39, 0.29) is 59.1 Å². The summed E-state index contributed by atoms with van der Waals surface area (Å²) in [4.78, 5) is 8.00. The van der Waals surface area contributed by atoms with Crippen molar-refractivity contribution in [3.05, 3.63) is 0 Å². The van der Waals surface area contributed by atoms with Crippen LogP contribution in [0.3, 0.4) is 0 Å². The van der Waals surface area contributed by atoms with Crippen LogP contribution in [0.5, 0.6) is 0 Å². The second kappa shape index (κ2) is 12.2. The van der Waals surface area contributed by atoms with Gasteiger partial charge in [-0.1, -0.05) is 0 Å². The molecule has 8 heteroatoms. The molecule has 0 atom stereocenters. The molecule has 0 N–H and O–H groups in total. The molecule has 0 spiro atoms. The van der Waals surface area contributed by atoms with E-state index in [0.29, 0.717) is 0 Å². The average molecular weight is 172 g/mol. The molecule has 0 saturated heterocycles. The number of hydrogen-bond acceptors (Lipinski definition) is 5. The number of carbonyl (C=O) groups is 1. The van der Waals surface area contributed by atoms with E-state index < -0.39 is 10.4 Å². The van der Waals surface area contributed by atoms with E-state index in [2.05, 4.69) is 0 Å².